The molecule has 0 N–H and O–H groups in total. The van der Waals surface area contributed by atoms with Gasteiger partial charge in [-0.1, -0.05) is 12.1 Å². The molecule has 0 aromatic carbocycles. The summed E-state index contributed by atoms with van der Waals surface area (Å²) < 4.78 is 0. The maximum Gasteiger partial charge on any atom is 0.00286 e. The van der Waals surface area contributed by atoms with Crippen LogP contribution in [0.5, 0.6) is 0 Å². The van der Waals surface area contributed by atoms with Crippen molar-refractivity contribution in [3.05, 3.63) is 0 Å². The van der Waals surface area contributed by atoms with E-state index in [1.165, 1.54) is 58.5 Å². The van der Waals surface area contributed by atoms with Crippen molar-refractivity contribution in [1.29, 1.82) is 0 Å². The van der Waals surface area contributed by atoms with E-state index in [2.05, 4.69) is 11.9 Å². The Balaban J connectivity index is 3.00. The SMILES string of the molecule is CN(CCC[SiH3])CCC[SiH3]. The standard InChI is InChI=1S/C7H21NSi2/c1-8(4-2-6-9)5-3-7-10/h2-7H2,1,9-10H3. The molecule has 0 heterocycles. The summed E-state index contributed by atoms with van der Waals surface area (Å²) in [5, 5.41) is 0. The molecule has 0 aliphatic carbocycles. The fraction of sp³-hybridized carbons (Fsp3) is 1.00. The van der Waals surface area contributed by atoms with Crippen molar-refractivity contribution in [2.75, 3.05) is 20.1 Å². The van der Waals surface area contributed by atoms with E-state index >= 15 is 0 Å². The van der Waals surface area contributed by atoms with Gasteiger partial charge in [0.1, 0.15) is 0 Å². The highest BCUT2D eigenvalue weighted by molar-refractivity contribution is 6.08. The molecule has 0 unspecified atom stereocenters. The highest BCUT2D eigenvalue weighted by Crippen LogP contribution is 1.93. The summed E-state index contributed by atoms with van der Waals surface area (Å²) in [7, 11) is 5.00. The average molecular weight is 175 g/mol. The molecule has 0 bridgehead atoms. The number of nitrogens with zero attached hydrogens (tertiary/aromatic N) is 1. The molecule has 0 saturated heterocycles. The molecule has 3 heteroatoms. The zero-order chi connectivity index (χ0) is 7.82. The number of rotatable bonds is 6. The second kappa shape index (κ2) is 7.50. The van der Waals surface area contributed by atoms with Gasteiger partial charge in [-0.3, -0.25) is 0 Å². The molecule has 0 fully saturated rings. The molecule has 10 heavy (non-hydrogen) atoms. The third-order valence-corrected chi connectivity index (χ3v) is 3.20. The minimum Gasteiger partial charge on any atom is -0.306 e. The van der Waals surface area contributed by atoms with E-state index in [9.17, 15) is 0 Å². The second-order valence-electron chi connectivity index (χ2n) is 3.01. The predicted octanol–water partition coefficient (Wildman–Crippen LogP) is -0.734. The van der Waals surface area contributed by atoms with Gasteiger partial charge in [-0.05, 0) is 33.0 Å². The Kier molecular flexibility index (Phi) is 7.80. The van der Waals surface area contributed by atoms with E-state index in [0.717, 1.165) is 0 Å². The minimum atomic E-state index is 1.32. The van der Waals surface area contributed by atoms with Crippen LogP contribution in [0.15, 0.2) is 0 Å². The number of hydrogen-bond acceptors (Lipinski definition) is 1. The normalized spacial score (nSPS) is 11.4. The zero-order valence-electron chi connectivity index (χ0n) is 7.69. The van der Waals surface area contributed by atoms with Gasteiger partial charge in [0.2, 0.25) is 0 Å². The van der Waals surface area contributed by atoms with Gasteiger partial charge >= 0.3 is 0 Å². The molecule has 0 amide bonds. The van der Waals surface area contributed by atoms with E-state index in [4.69, 9.17) is 0 Å². The van der Waals surface area contributed by atoms with Crippen LogP contribution >= 0.6 is 0 Å². The van der Waals surface area contributed by atoms with Crippen LogP contribution in [0.1, 0.15) is 12.8 Å². The zero-order valence-corrected chi connectivity index (χ0v) is 11.7. The van der Waals surface area contributed by atoms with Gasteiger partial charge in [-0.25, -0.2) is 0 Å². The highest BCUT2D eigenvalue weighted by Gasteiger charge is 1.94. The van der Waals surface area contributed by atoms with Gasteiger partial charge in [0.15, 0.2) is 0 Å². The van der Waals surface area contributed by atoms with Gasteiger partial charge in [-0.15, -0.1) is 0 Å². The first-order chi connectivity index (χ1) is 4.81. The van der Waals surface area contributed by atoms with Crippen LogP contribution in [0, 0.1) is 0 Å². The molecule has 0 atom stereocenters. The molecule has 0 spiro atoms. The Hall–Kier alpha value is 0.394. The monoisotopic (exact) mass is 175 g/mol. The van der Waals surface area contributed by atoms with E-state index < -0.39 is 0 Å². The van der Waals surface area contributed by atoms with E-state index in [1.54, 1.807) is 0 Å². The van der Waals surface area contributed by atoms with Gasteiger partial charge in [0.05, 0.1) is 0 Å². The van der Waals surface area contributed by atoms with Gasteiger partial charge < -0.3 is 4.90 Å². The average Bonchev–Trinajstić information content (AvgIpc) is 1.97. The molecule has 1 nitrogen and oxygen atoms in total. The van der Waals surface area contributed by atoms with Crippen molar-refractivity contribution in [3.63, 3.8) is 0 Å². The quantitative estimate of drug-likeness (QED) is 0.481. The summed E-state index contributed by atoms with van der Waals surface area (Å²) in [6.07, 6.45) is 2.84. The molecule has 0 aliphatic heterocycles. The van der Waals surface area contributed by atoms with Crippen LogP contribution < -0.4 is 0 Å². The third kappa shape index (κ3) is 6.51. The third-order valence-electron chi connectivity index (χ3n) is 1.79. The lowest BCUT2D eigenvalue weighted by Gasteiger charge is -2.14. The van der Waals surface area contributed by atoms with Crippen molar-refractivity contribution >= 4 is 20.5 Å². The molecule has 0 rings (SSSR count). The largest absolute Gasteiger partial charge is 0.306 e. The molecule has 0 radical (unpaired) electrons. The fourth-order valence-corrected chi connectivity index (χ4v) is 1.60. The number of hydrogen-bond donors (Lipinski definition) is 0. The predicted molar refractivity (Wildman–Crippen MR) is 56.2 cm³/mol. The summed E-state index contributed by atoms with van der Waals surface area (Å²) in [5.41, 5.74) is 0. The van der Waals surface area contributed by atoms with Crippen LogP contribution in [0.3, 0.4) is 0 Å². The van der Waals surface area contributed by atoms with Gasteiger partial charge in [0, 0.05) is 20.5 Å². The first kappa shape index (κ1) is 10.4. The summed E-state index contributed by atoms with van der Waals surface area (Å²) in [5.74, 6) is 0. The van der Waals surface area contributed by atoms with Crippen LogP contribution in [0.2, 0.25) is 12.1 Å². The van der Waals surface area contributed by atoms with Crippen LogP contribution in [0.4, 0.5) is 0 Å². The fourth-order valence-electron chi connectivity index (χ4n) is 0.968. The smallest absolute Gasteiger partial charge is 0.00286 e. The highest BCUT2D eigenvalue weighted by atomic mass is 28.1. The Morgan fingerprint density at radius 1 is 1.00 bits per heavy atom. The summed E-state index contributed by atoms with van der Waals surface area (Å²) in [4.78, 5) is 2.47. The lowest BCUT2D eigenvalue weighted by molar-refractivity contribution is 0.335. The van der Waals surface area contributed by atoms with Crippen molar-refractivity contribution in [2.45, 2.75) is 24.9 Å². The second-order valence-corrected chi connectivity index (χ2v) is 5.01. The topological polar surface area (TPSA) is 3.24 Å². The Labute approximate surface area is 71.0 Å². The van der Waals surface area contributed by atoms with Crippen molar-refractivity contribution in [1.82, 2.24) is 4.90 Å². The van der Waals surface area contributed by atoms with E-state index in [0.29, 0.717) is 0 Å². The maximum atomic E-state index is 2.47. The lowest BCUT2D eigenvalue weighted by atomic mass is 10.4. The maximum absolute atomic E-state index is 2.47. The summed E-state index contributed by atoms with van der Waals surface area (Å²) >= 11 is 0. The van der Waals surface area contributed by atoms with Crippen LogP contribution in [0.25, 0.3) is 0 Å². The van der Waals surface area contributed by atoms with Crippen LogP contribution in [-0.4, -0.2) is 45.5 Å². The van der Waals surface area contributed by atoms with Gasteiger partial charge in [0.25, 0.3) is 0 Å². The molecule has 62 valence electrons. The molecular formula is C7H21NSi2. The van der Waals surface area contributed by atoms with Gasteiger partial charge in [-0.2, -0.15) is 0 Å². The summed E-state index contributed by atoms with van der Waals surface area (Å²) in [6, 6.07) is 2.93. The van der Waals surface area contributed by atoms with Crippen molar-refractivity contribution in [3.8, 4) is 0 Å². The van der Waals surface area contributed by atoms with Crippen LogP contribution in [-0.2, 0) is 0 Å². The van der Waals surface area contributed by atoms with E-state index in [-0.39, 0.29) is 0 Å². The summed E-state index contributed by atoms with van der Waals surface area (Å²) in [6.45, 7) is 2.65. The Morgan fingerprint density at radius 2 is 1.40 bits per heavy atom. The lowest BCUT2D eigenvalue weighted by Crippen LogP contribution is -2.20. The molecule has 0 saturated carbocycles. The first-order valence-corrected chi connectivity index (χ1v) is 7.32. The molecule has 0 aliphatic rings. The van der Waals surface area contributed by atoms with E-state index in [1.807, 2.05) is 0 Å². The molecule has 0 aromatic heterocycles. The first-order valence-electron chi connectivity index (χ1n) is 4.49. The molecule has 0 aromatic rings. The Morgan fingerprint density at radius 3 is 1.70 bits per heavy atom. The molecular weight excluding hydrogens is 154 g/mol. The van der Waals surface area contributed by atoms with Crippen molar-refractivity contribution in [2.24, 2.45) is 0 Å². The van der Waals surface area contributed by atoms with Crippen molar-refractivity contribution < 1.29 is 0 Å². The Bertz CT molecular complexity index is 60.6. The minimum absolute atomic E-state index is 1.32.